The summed E-state index contributed by atoms with van der Waals surface area (Å²) in [5.74, 6) is -0.677. The molecule has 0 spiro atoms. The van der Waals surface area contributed by atoms with Gasteiger partial charge in [-0.25, -0.2) is 0 Å². The third kappa shape index (κ3) is 5.44. The first kappa shape index (κ1) is 24.5. The molecule has 1 aromatic heterocycles. The fraction of sp³-hybridized carbons (Fsp3) is 0.524. The van der Waals surface area contributed by atoms with Crippen LogP contribution in [0.3, 0.4) is 0 Å². The number of ether oxygens (including phenoxy) is 1. The second-order valence-electron chi connectivity index (χ2n) is 7.88. The van der Waals surface area contributed by atoms with Crippen LogP contribution in [0.4, 0.5) is 13.2 Å². The van der Waals surface area contributed by atoms with Crippen molar-refractivity contribution < 1.29 is 32.6 Å². The number of halogens is 3. The molecule has 0 saturated carbocycles. The molecular formula is C21H26F3N5O4. The first-order valence-electron chi connectivity index (χ1n) is 10.4. The number of allylic oxidation sites excluding steroid dienone is 1. The van der Waals surface area contributed by atoms with Crippen molar-refractivity contribution in [3.8, 4) is 0 Å². The maximum Gasteiger partial charge on any atom is 0.422 e. The minimum absolute atomic E-state index is 0.0327. The summed E-state index contributed by atoms with van der Waals surface area (Å²) in [5, 5.41) is 11.6. The molecule has 12 heteroatoms. The lowest BCUT2D eigenvalue weighted by Gasteiger charge is -2.33. The van der Waals surface area contributed by atoms with Gasteiger partial charge in [-0.3, -0.25) is 19.6 Å². The first-order chi connectivity index (χ1) is 15.5. The van der Waals surface area contributed by atoms with Crippen LogP contribution < -0.4 is 5.32 Å². The smallest absolute Gasteiger partial charge is 0.422 e. The van der Waals surface area contributed by atoms with Gasteiger partial charge in [0.05, 0.1) is 24.0 Å². The number of carbonyl (C=O) groups excluding carboxylic acids is 2. The van der Waals surface area contributed by atoms with Crippen molar-refractivity contribution in [3.05, 3.63) is 40.7 Å². The Labute approximate surface area is 188 Å². The average molecular weight is 469 g/mol. The lowest BCUT2D eigenvalue weighted by molar-refractivity contribution is -0.169. The third-order valence-corrected chi connectivity index (χ3v) is 5.40. The van der Waals surface area contributed by atoms with E-state index in [-0.39, 0.29) is 49.4 Å². The van der Waals surface area contributed by atoms with Crippen LogP contribution in [-0.2, 0) is 11.3 Å². The number of aliphatic imine (C=N–C) groups is 1. The Kier molecular flexibility index (Phi) is 7.25. The Morgan fingerprint density at radius 3 is 2.73 bits per heavy atom. The standard InChI is InChI=1S/C21H26F3N5O4/c1-12-20(33-11-21(22,23)24)28(3)10-16(27-12)13(2)29-9-15-14(19(29)32)5-7-25-17(15)18(31)26-6-4-8-30/h5,7,13,30H,4,6,8-11H2,1-3H3,(H,26,31). The van der Waals surface area contributed by atoms with Crippen LogP contribution in [0.5, 0.6) is 0 Å². The highest BCUT2D eigenvalue weighted by atomic mass is 19.4. The molecule has 0 aromatic carbocycles. The minimum atomic E-state index is -4.46. The van der Waals surface area contributed by atoms with Crippen molar-refractivity contribution in [1.29, 1.82) is 0 Å². The van der Waals surface area contributed by atoms with Gasteiger partial charge in [0.15, 0.2) is 6.61 Å². The largest absolute Gasteiger partial charge is 0.468 e. The quantitative estimate of drug-likeness (QED) is 0.562. The van der Waals surface area contributed by atoms with E-state index in [1.165, 1.54) is 11.1 Å². The number of pyridine rings is 1. The van der Waals surface area contributed by atoms with Crippen LogP contribution in [0, 0.1) is 0 Å². The van der Waals surface area contributed by atoms with Crippen molar-refractivity contribution in [2.75, 3.05) is 33.4 Å². The molecule has 2 amide bonds. The zero-order valence-electron chi connectivity index (χ0n) is 18.6. The molecule has 2 aliphatic rings. The van der Waals surface area contributed by atoms with Crippen LogP contribution in [0.15, 0.2) is 28.8 Å². The molecule has 9 nitrogen and oxygen atoms in total. The van der Waals surface area contributed by atoms with E-state index < -0.39 is 24.7 Å². The molecule has 2 aliphatic heterocycles. The monoisotopic (exact) mass is 469 g/mol. The number of fused-ring (bicyclic) bond motifs is 1. The molecule has 0 bridgehead atoms. The Morgan fingerprint density at radius 2 is 2.09 bits per heavy atom. The highest BCUT2D eigenvalue weighted by Crippen LogP contribution is 2.29. The van der Waals surface area contributed by atoms with Gasteiger partial charge >= 0.3 is 6.18 Å². The fourth-order valence-electron chi connectivity index (χ4n) is 3.78. The Bertz CT molecular complexity index is 993. The van der Waals surface area contributed by atoms with Gasteiger partial charge in [0, 0.05) is 44.1 Å². The first-order valence-corrected chi connectivity index (χ1v) is 10.4. The molecule has 33 heavy (non-hydrogen) atoms. The van der Waals surface area contributed by atoms with Gasteiger partial charge in [0.1, 0.15) is 5.69 Å². The average Bonchev–Trinajstić information content (AvgIpc) is 3.08. The summed E-state index contributed by atoms with van der Waals surface area (Å²) in [7, 11) is 1.59. The number of aliphatic hydroxyl groups is 1. The zero-order chi connectivity index (χ0) is 24.3. The molecule has 1 aromatic rings. The van der Waals surface area contributed by atoms with E-state index in [2.05, 4.69) is 15.3 Å². The van der Waals surface area contributed by atoms with E-state index in [0.29, 0.717) is 23.3 Å². The number of nitrogens with zero attached hydrogens (tertiary/aromatic N) is 4. The number of aromatic nitrogens is 1. The lowest BCUT2D eigenvalue weighted by Crippen LogP contribution is -2.45. The lowest BCUT2D eigenvalue weighted by atomic mass is 10.1. The number of hydrogen-bond donors (Lipinski definition) is 2. The van der Waals surface area contributed by atoms with Gasteiger partial charge in [0.25, 0.3) is 11.8 Å². The number of amides is 2. The molecular weight excluding hydrogens is 443 g/mol. The van der Waals surface area contributed by atoms with E-state index in [0.717, 1.165) is 0 Å². The number of rotatable bonds is 8. The molecule has 180 valence electrons. The Balaban J connectivity index is 1.79. The molecule has 0 saturated heterocycles. The number of alkyl halides is 3. The van der Waals surface area contributed by atoms with Crippen molar-refractivity contribution in [3.63, 3.8) is 0 Å². The van der Waals surface area contributed by atoms with Gasteiger partial charge in [-0.2, -0.15) is 13.2 Å². The molecule has 3 rings (SSSR count). The van der Waals surface area contributed by atoms with E-state index in [1.807, 2.05) is 0 Å². The summed E-state index contributed by atoms with van der Waals surface area (Å²) in [5.41, 5.74) is 1.88. The van der Waals surface area contributed by atoms with Crippen LogP contribution in [-0.4, -0.2) is 83.0 Å². The van der Waals surface area contributed by atoms with Crippen LogP contribution >= 0.6 is 0 Å². The maximum atomic E-state index is 13.1. The van der Waals surface area contributed by atoms with Gasteiger partial charge in [-0.05, 0) is 26.3 Å². The van der Waals surface area contributed by atoms with Gasteiger partial charge in [-0.15, -0.1) is 0 Å². The van der Waals surface area contributed by atoms with Crippen LogP contribution in [0.25, 0.3) is 0 Å². The van der Waals surface area contributed by atoms with Crippen molar-refractivity contribution >= 4 is 17.5 Å². The second kappa shape index (κ2) is 9.77. The summed E-state index contributed by atoms with van der Waals surface area (Å²) >= 11 is 0. The highest BCUT2D eigenvalue weighted by molar-refractivity contribution is 6.06. The van der Waals surface area contributed by atoms with Crippen molar-refractivity contribution in [1.82, 2.24) is 20.1 Å². The SMILES string of the molecule is CC1=C(OCC(F)(F)F)N(C)CC(C(C)N2Cc3c(ccnc3C(=O)NCCCO)C2=O)=N1. The van der Waals surface area contributed by atoms with E-state index in [1.54, 1.807) is 31.9 Å². The second-order valence-corrected chi connectivity index (χ2v) is 7.88. The zero-order valence-corrected chi connectivity index (χ0v) is 18.6. The number of nitrogens with one attached hydrogen (secondary N) is 1. The van der Waals surface area contributed by atoms with E-state index in [9.17, 15) is 22.8 Å². The van der Waals surface area contributed by atoms with Gasteiger partial charge in [0.2, 0.25) is 5.88 Å². The predicted octanol–water partition coefficient (Wildman–Crippen LogP) is 1.69. The molecule has 3 heterocycles. The molecule has 1 atom stereocenters. The summed E-state index contributed by atoms with van der Waals surface area (Å²) in [6.45, 7) is 2.46. The van der Waals surface area contributed by atoms with E-state index in [4.69, 9.17) is 9.84 Å². The highest BCUT2D eigenvalue weighted by Gasteiger charge is 2.37. The van der Waals surface area contributed by atoms with Crippen molar-refractivity contribution in [2.24, 2.45) is 4.99 Å². The topological polar surface area (TPSA) is 107 Å². The summed E-state index contributed by atoms with van der Waals surface area (Å²) < 4.78 is 42.5. The van der Waals surface area contributed by atoms with Crippen LogP contribution in [0.1, 0.15) is 46.7 Å². The normalized spacial score (nSPS) is 17.2. The Hall–Kier alpha value is -3.15. The molecule has 0 fully saturated rings. The number of aliphatic hydroxyl groups excluding tert-OH is 1. The molecule has 0 radical (unpaired) electrons. The maximum absolute atomic E-state index is 13.1. The molecule has 1 unspecified atom stereocenters. The third-order valence-electron chi connectivity index (χ3n) is 5.40. The summed E-state index contributed by atoms with van der Waals surface area (Å²) in [4.78, 5) is 37.2. The molecule has 0 aliphatic carbocycles. The van der Waals surface area contributed by atoms with Crippen LogP contribution in [0.2, 0.25) is 0 Å². The number of carbonyl (C=O) groups is 2. The minimum Gasteiger partial charge on any atom is -0.468 e. The van der Waals surface area contributed by atoms with Gasteiger partial charge < -0.3 is 25.0 Å². The summed E-state index contributed by atoms with van der Waals surface area (Å²) in [6.07, 6.45) is -2.66. The molecule has 2 N–H and O–H groups in total. The summed E-state index contributed by atoms with van der Waals surface area (Å²) in [6, 6.07) is 1.08. The fourth-order valence-corrected chi connectivity index (χ4v) is 3.78. The van der Waals surface area contributed by atoms with E-state index >= 15 is 0 Å². The number of hydrogen-bond acceptors (Lipinski definition) is 7. The Morgan fingerprint density at radius 1 is 1.36 bits per heavy atom. The van der Waals surface area contributed by atoms with Crippen molar-refractivity contribution in [2.45, 2.75) is 39.0 Å². The predicted molar refractivity (Wildman–Crippen MR) is 112 cm³/mol. The van der Waals surface area contributed by atoms with Gasteiger partial charge in [-0.1, -0.05) is 0 Å².